The van der Waals surface area contributed by atoms with Crippen molar-refractivity contribution in [2.24, 2.45) is 0 Å². The van der Waals surface area contributed by atoms with Gasteiger partial charge in [-0.2, -0.15) is 0 Å². The second kappa shape index (κ2) is 11.0. The topological polar surface area (TPSA) is 56.1 Å². The van der Waals surface area contributed by atoms with Crippen molar-refractivity contribution in [3.05, 3.63) is 71.1 Å². The van der Waals surface area contributed by atoms with Crippen LogP contribution in [-0.2, 0) is 23.6 Å². The summed E-state index contributed by atoms with van der Waals surface area (Å²) in [6.45, 7) is 6.65. The Labute approximate surface area is 204 Å². The molecule has 3 aromatic rings. The van der Waals surface area contributed by atoms with Crippen LogP contribution >= 0.6 is 11.8 Å². The summed E-state index contributed by atoms with van der Waals surface area (Å²) in [5.41, 5.74) is 3.29. The van der Waals surface area contributed by atoms with Crippen molar-refractivity contribution in [2.75, 3.05) is 19.7 Å². The monoisotopic (exact) mass is 481 g/mol. The molecule has 0 radical (unpaired) electrons. The number of thioether (sulfide) groups is 1. The summed E-state index contributed by atoms with van der Waals surface area (Å²) < 4.78 is 21.5. The Bertz CT molecular complexity index is 1080. The predicted molar refractivity (Wildman–Crippen MR) is 131 cm³/mol. The average Bonchev–Trinajstić information content (AvgIpc) is 3.50. The van der Waals surface area contributed by atoms with Crippen LogP contribution in [0, 0.1) is 12.7 Å². The molecule has 8 heteroatoms. The number of rotatable bonds is 8. The molecule has 34 heavy (non-hydrogen) atoms. The summed E-state index contributed by atoms with van der Waals surface area (Å²) in [5, 5.41) is 10.2. The van der Waals surface area contributed by atoms with Crippen LogP contribution in [0.2, 0.25) is 0 Å². The summed E-state index contributed by atoms with van der Waals surface area (Å²) in [6.07, 6.45) is 4.57. The molecule has 0 unspecified atom stereocenters. The van der Waals surface area contributed by atoms with Crippen molar-refractivity contribution in [2.45, 2.75) is 68.6 Å². The molecule has 2 aromatic heterocycles. The van der Waals surface area contributed by atoms with Gasteiger partial charge in [-0.25, -0.2) is 4.39 Å². The van der Waals surface area contributed by atoms with Gasteiger partial charge in [-0.1, -0.05) is 30.0 Å². The van der Waals surface area contributed by atoms with Crippen molar-refractivity contribution in [3.63, 3.8) is 0 Å². The van der Waals surface area contributed by atoms with E-state index in [-0.39, 0.29) is 11.9 Å². The van der Waals surface area contributed by atoms with Gasteiger partial charge in [-0.15, -0.1) is 10.2 Å². The number of aryl methyl sites for hydroxylation is 1. The normalized spacial score (nSPS) is 19.6. The summed E-state index contributed by atoms with van der Waals surface area (Å²) in [6, 6.07) is 12.9. The summed E-state index contributed by atoms with van der Waals surface area (Å²) in [5.74, 6) is 2.02. The third-order valence-corrected chi connectivity index (χ3v) is 7.76. The van der Waals surface area contributed by atoms with Gasteiger partial charge in [0.1, 0.15) is 11.6 Å². The maximum atomic E-state index is 13.3. The molecule has 2 saturated heterocycles. The zero-order valence-corrected chi connectivity index (χ0v) is 20.5. The zero-order chi connectivity index (χ0) is 23.3. The van der Waals surface area contributed by atoms with Gasteiger partial charge in [-0.3, -0.25) is 9.88 Å². The van der Waals surface area contributed by atoms with Crippen LogP contribution in [-0.4, -0.2) is 50.4 Å². The third kappa shape index (κ3) is 5.85. The molecule has 0 saturated carbocycles. The first-order valence-electron chi connectivity index (χ1n) is 12.2. The first-order valence-corrected chi connectivity index (χ1v) is 13.2. The summed E-state index contributed by atoms with van der Waals surface area (Å²) >= 11 is 1.67. The number of halogens is 1. The molecule has 180 valence electrons. The highest BCUT2D eigenvalue weighted by molar-refractivity contribution is 7.98. The highest BCUT2D eigenvalue weighted by atomic mass is 32.2. The SMILES string of the molecule is Cc1cccc(CN2CCC(c3nnc(SCc4ccc(F)cc4)n3C[C@@H]3CCCO3)CC2)n1. The number of aromatic nitrogens is 4. The maximum absolute atomic E-state index is 13.3. The van der Waals surface area contributed by atoms with Gasteiger partial charge in [0.25, 0.3) is 0 Å². The fourth-order valence-electron chi connectivity index (χ4n) is 4.87. The van der Waals surface area contributed by atoms with Gasteiger partial charge in [0, 0.05) is 30.5 Å². The van der Waals surface area contributed by atoms with Gasteiger partial charge < -0.3 is 9.30 Å². The van der Waals surface area contributed by atoms with Crippen molar-refractivity contribution in [1.29, 1.82) is 0 Å². The second-order valence-electron chi connectivity index (χ2n) is 9.32. The molecule has 2 fully saturated rings. The van der Waals surface area contributed by atoms with Crippen molar-refractivity contribution in [1.82, 2.24) is 24.6 Å². The first-order chi connectivity index (χ1) is 16.6. The van der Waals surface area contributed by atoms with Crippen LogP contribution in [0.25, 0.3) is 0 Å². The quantitative estimate of drug-likeness (QED) is 0.424. The van der Waals surface area contributed by atoms with E-state index in [1.165, 1.54) is 12.1 Å². The lowest BCUT2D eigenvalue weighted by atomic mass is 9.95. The van der Waals surface area contributed by atoms with Crippen molar-refractivity contribution in [3.8, 4) is 0 Å². The second-order valence-corrected chi connectivity index (χ2v) is 10.3. The summed E-state index contributed by atoms with van der Waals surface area (Å²) in [7, 11) is 0. The third-order valence-electron chi connectivity index (χ3n) is 6.72. The Morgan fingerprint density at radius 2 is 1.88 bits per heavy atom. The standard InChI is InChI=1S/C26H32FN5OS/c1-19-4-2-5-23(28-19)16-31-13-11-21(12-14-31)25-29-30-26(32(25)17-24-6-3-15-33-24)34-18-20-7-9-22(27)10-8-20/h2,4-5,7-10,21,24H,3,6,11-18H2,1H3/t24-/m0/s1. The fraction of sp³-hybridized carbons (Fsp3) is 0.500. The minimum Gasteiger partial charge on any atom is -0.376 e. The predicted octanol–water partition coefficient (Wildman–Crippen LogP) is 4.97. The minimum atomic E-state index is -0.206. The molecule has 0 bridgehead atoms. The van der Waals surface area contributed by atoms with E-state index in [0.29, 0.717) is 5.92 Å². The maximum Gasteiger partial charge on any atom is 0.191 e. The smallest absolute Gasteiger partial charge is 0.191 e. The van der Waals surface area contributed by atoms with Crippen molar-refractivity contribution < 1.29 is 9.13 Å². The number of hydrogen-bond donors (Lipinski definition) is 0. The Kier molecular flexibility index (Phi) is 7.57. The molecule has 0 amide bonds. The molecule has 0 aliphatic carbocycles. The Hall–Kier alpha value is -2.29. The lowest BCUT2D eigenvalue weighted by Gasteiger charge is -2.31. The van der Waals surface area contributed by atoms with Crippen LogP contribution in [0.3, 0.4) is 0 Å². The van der Waals surface area contributed by atoms with E-state index in [1.54, 1.807) is 11.8 Å². The molecule has 6 nitrogen and oxygen atoms in total. The van der Waals surface area contributed by atoms with Gasteiger partial charge in [0.05, 0.1) is 18.3 Å². The van der Waals surface area contributed by atoms with Crippen LogP contribution in [0.5, 0.6) is 0 Å². The highest BCUT2D eigenvalue weighted by Gasteiger charge is 2.28. The molecular weight excluding hydrogens is 449 g/mol. The van der Waals surface area contributed by atoms with E-state index in [2.05, 4.69) is 36.8 Å². The van der Waals surface area contributed by atoms with E-state index in [0.717, 1.165) is 92.2 Å². The van der Waals surface area contributed by atoms with Crippen LogP contribution in [0.1, 0.15) is 54.4 Å². The molecule has 5 rings (SSSR count). The largest absolute Gasteiger partial charge is 0.376 e. The van der Waals surface area contributed by atoms with E-state index in [9.17, 15) is 4.39 Å². The van der Waals surface area contributed by atoms with E-state index in [4.69, 9.17) is 4.74 Å². The van der Waals surface area contributed by atoms with Crippen molar-refractivity contribution >= 4 is 11.8 Å². The molecule has 1 atom stereocenters. The Morgan fingerprint density at radius 3 is 2.62 bits per heavy atom. The molecule has 2 aliphatic rings. The van der Waals surface area contributed by atoms with E-state index < -0.39 is 0 Å². The number of ether oxygens (including phenoxy) is 1. The number of piperidine rings is 1. The van der Waals surface area contributed by atoms with Gasteiger partial charge in [0.2, 0.25) is 0 Å². The first kappa shape index (κ1) is 23.5. The molecule has 4 heterocycles. The average molecular weight is 482 g/mol. The van der Waals surface area contributed by atoms with Gasteiger partial charge >= 0.3 is 0 Å². The number of hydrogen-bond acceptors (Lipinski definition) is 6. The van der Waals surface area contributed by atoms with Gasteiger partial charge in [0.15, 0.2) is 5.16 Å². The molecule has 0 spiro atoms. The fourth-order valence-corrected chi connectivity index (χ4v) is 5.78. The highest BCUT2D eigenvalue weighted by Crippen LogP contribution is 2.32. The number of nitrogens with zero attached hydrogens (tertiary/aromatic N) is 5. The van der Waals surface area contributed by atoms with Crippen LogP contribution in [0.4, 0.5) is 4.39 Å². The molecule has 0 N–H and O–H groups in total. The summed E-state index contributed by atoms with van der Waals surface area (Å²) in [4.78, 5) is 7.15. The molecule has 1 aromatic carbocycles. The molecule has 2 aliphatic heterocycles. The minimum absolute atomic E-state index is 0.206. The van der Waals surface area contributed by atoms with Crippen LogP contribution < -0.4 is 0 Å². The Morgan fingerprint density at radius 1 is 1.06 bits per heavy atom. The lowest BCUT2D eigenvalue weighted by molar-refractivity contribution is 0.0931. The van der Waals surface area contributed by atoms with Gasteiger partial charge in [-0.05, 0) is 75.5 Å². The van der Waals surface area contributed by atoms with E-state index >= 15 is 0 Å². The Balaban J connectivity index is 1.26. The van der Waals surface area contributed by atoms with E-state index in [1.807, 2.05) is 25.1 Å². The number of likely N-dealkylation sites (tertiary alicyclic amines) is 1. The van der Waals surface area contributed by atoms with Crippen LogP contribution in [0.15, 0.2) is 47.6 Å². The lowest BCUT2D eigenvalue weighted by Crippen LogP contribution is -2.34. The zero-order valence-electron chi connectivity index (χ0n) is 19.7. The number of benzene rings is 1. The number of pyridine rings is 1. The molecular formula is C26H32FN5OS.